The number of fused-ring (bicyclic) bond motifs is 1. The van der Waals surface area contributed by atoms with E-state index in [9.17, 15) is 9.59 Å². The van der Waals surface area contributed by atoms with E-state index < -0.39 is 12.0 Å². The molecule has 1 aliphatic heterocycles. The summed E-state index contributed by atoms with van der Waals surface area (Å²) in [4.78, 5) is 23.2. The van der Waals surface area contributed by atoms with E-state index in [4.69, 9.17) is 5.11 Å². The standard InChI is InChI=1S/C15H20N2O3/c1-2-3-13(15(19)20)17-14(18)11-5-4-10-6-7-16-9-12(10)8-11/h4-5,8,13,16H,2-3,6-7,9H2,1H3,(H,17,18)(H,19,20)/t13-/m0/s1. The van der Waals surface area contributed by atoms with Crippen molar-refractivity contribution in [1.82, 2.24) is 10.6 Å². The van der Waals surface area contributed by atoms with Crippen molar-refractivity contribution in [3.05, 3.63) is 34.9 Å². The van der Waals surface area contributed by atoms with Crippen LogP contribution < -0.4 is 10.6 Å². The van der Waals surface area contributed by atoms with Crippen LogP contribution >= 0.6 is 0 Å². The van der Waals surface area contributed by atoms with Crippen LogP contribution in [0.5, 0.6) is 0 Å². The second-order valence-corrected chi connectivity index (χ2v) is 5.06. The number of rotatable bonds is 5. The van der Waals surface area contributed by atoms with E-state index in [1.54, 1.807) is 6.07 Å². The van der Waals surface area contributed by atoms with Gasteiger partial charge in [-0.3, -0.25) is 4.79 Å². The average molecular weight is 276 g/mol. The van der Waals surface area contributed by atoms with Gasteiger partial charge in [-0.15, -0.1) is 0 Å². The van der Waals surface area contributed by atoms with Crippen LogP contribution in [0.15, 0.2) is 18.2 Å². The average Bonchev–Trinajstić information content (AvgIpc) is 2.46. The molecule has 0 aromatic heterocycles. The SMILES string of the molecule is CCC[C@H](NC(=O)c1ccc2c(c1)CNCC2)C(=O)O. The number of aliphatic carboxylic acids is 1. The highest BCUT2D eigenvalue weighted by Crippen LogP contribution is 2.16. The van der Waals surface area contributed by atoms with Crippen molar-refractivity contribution in [2.45, 2.75) is 38.8 Å². The Morgan fingerprint density at radius 3 is 2.90 bits per heavy atom. The molecule has 0 saturated carbocycles. The van der Waals surface area contributed by atoms with Crippen LogP contribution in [0.25, 0.3) is 0 Å². The van der Waals surface area contributed by atoms with Crippen molar-refractivity contribution in [1.29, 1.82) is 0 Å². The van der Waals surface area contributed by atoms with Gasteiger partial charge in [-0.2, -0.15) is 0 Å². The zero-order valence-electron chi connectivity index (χ0n) is 11.6. The molecule has 1 atom stereocenters. The lowest BCUT2D eigenvalue weighted by Crippen LogP contribution is -2.40. The Kier molecular flexibility index (Phi) is 4.74. The van der Waals surface area contributed by atoms with Gasteiger partial charge < -0.3 is 15.7 Å². The fourth-order valence-corrected chi connectivity index (χ4v) is 2.41. The van der Waals surface area contributed by atoms with Gasteiger partial charge in [-0.05, 0) is 42.6 Å². The normalized spacial score (nSPS) is 15.2. The lowest BCUT2D eigenvalue weighted by atomic mass is 9.98. The van der Waals surface area contributed by atoms with Gasteiger partial charge in [0.1, 0.15) is 6.04 Å². The van der Waals surface area contributed by atoms with Crippen LogP contribution in [0.3, 0.4) is 0 Å². The highest BCUT2D eigenvalue weighted by molar-refractivity contribution is 5.96. The van der Waals surface area contributed by atoms with Crippen LogP contribution in [0.2, 0.25) is 0 Å². The number of hydrogen-bond acceptors (Lipinski definition) is 3. The lowest BCUT2D eigenvalue weighted by molar-refractivity contribution is -0.139. The Labute approximate surface area is 118 Å². The fraction of sp³-hybridized carbons (Fsp3) is 0.467. The number of carbonyl (C=O) groups is 2. The molecule has 1 aromatic rings. The monoisotopic (exact) mass is 276 g/mol. The third-order valence-corrected chi connectivity index (χ3v) is 3.54. The molecule has 20 heavy (non-hydrogen) atoms. The molecule has 1 aliphatic rings. The summed E-state index contributed by atoms with van der Waals surface area (Å²) in [5, 5.41) is 14.9. The van der Waals surface area contributed by atoms with Gasteiger partial charge in [-0.1, -0.05) is 19.4 Å². The molecule has 0 spiro atoms. The fourth-order valence-electron chi connectivity index (χ4n) is 2.41. The first-order valence-corrected chi connectivity index (χ1v) is 6.98. The topological polar surface area (TPSA) is 78.4 Å². The highest BCUT2D eigenvalue weighted by Gasteiger charge is 2.20. The van der Waals surface area contributed by atoms with Crippen molar-refractivity contribution < 1.29 is 14.7 Å². The number of nitrogens with one attached hydrogen (secondary N) is 2. The van der Waals surface area contributed by atoms with Crippen molar-refractivity contribution >= 4 is 11.9 Å². The predicted molar refractivity (Wildman–Crippen MR) is 75.7 cm³/mol. The molecular weight excluding hydrogens is 256 g/mol. The maximum Gasteiger partial charge on any atom is 0.326 e. The predicted octanol–water partition coefficient (Wildman–Crippen LogP) is 1.32. The van der Waals surface area contributed by atoms with Crippen LogP contribution in [0, 0.1) is 0 Å². The molecule has 2 rings (SSSR count). The molecule has 5 heteroatoms. The highest BCUT2D eigenvalue weighted by atomic mass is 16.4. The largest absolute Gasteiger partial charge is 0.480 e. The number of carboxylic acid groups (broad SMARTS) is 1. The Morgan fingerprint density at radius 2 is 2.20 bits per heavy atom. The molecule has 0 radical (unpaired) electrons. The Bertz CT molecular complexity index is 514. The zero-order chi connectivity index (χ0) is 14.5. The number of carbonyl (C=O) groups excluding carboxylic acids is 1. The van der Waals surface area contributed by atoms with E-state index in [1.807, 2.05) is 19.1 Å². The summed E-state index contributed by atoms with van der Waals surface area (Å²) in [6.07, 6.45) is 2.11. The molecule has 0 unspecified atom stereocenters. The van der Waals surface area contributed by atoms with E-state index in [0.29, 0.717) is 18.4 Å². The van der Waals surface area contributed by atoms with Gasteiger partial charge in [0.2, 0.25) is 0 Å². The third kappa shape index (κ3) is 3.36. The number of amides is 1. The number of carboxylic acids is 1. The maximum atomic E-state index is 12.1. The molecule has 5 nitrogen and oxygen atoms in total. The lowest BCUT2D eigenvalue weighted by Gasteiger charge is -2.18. The number of hydrogen-bond donors (Lipinski definition) is 3. The summed E-state index contributed by atoms with van der Waals surface area (Å²) in [7, 11) is 0. The Hall–Kier alpha value is -1.88. The van der Waals surface area contributed by atoms with Gasteiger partial charge >= 0.3 is 5.97 Å². The molecule has 3 N–H and O–H groups in total. The minimum atomic E-state index is -0.986. The zero-order valence-corrected chi connectivity index (χ0v) is 11.6. The van der Waals surface area contributed by atoms with Gasteiger partial charge in [-0.25, -0.2) is 4.79 Å². The van der Waals surface area contributed by atoms with Crippen molar-refractivity contribution in [2.24, 2.45) is 0 Å². The Balaban J connectivity index is 2.10. The van der Waals surface area contributed by atoms with E-state index >= 15 is 0 Å². The first-order valence-electron chi connectivity index (χ1n) is 6.98. The van der Waals surface area contributed by atoms with Crippen molar-refractivity contribution in [2.75, 3.05) is 6.54 Å². The van der Waals surface area contributed by atoms with Crippen LogP contribution in [-0.2, 0) is 17.8 Å². The molecule has 1 amide bonds. The van der Waals surface area contributed by atoms with E-state index in [2.05, 4.69) is 10.6 Å². The van der Waals surface area contributed by atoms with Crippen molar-refractivity contribution in [3.63, 3.8) is 0 Å². The third-order valence-electron chi connectivity index (χ3n) is 3.54. The molecule has 1 aromatic carbocycles. The van der Waals surface area contributed by atoms with Gasteiger partial charge in [0.15, 0.2) is 0 Å². The Morgan fingerprint density at radius 1 is 1.40 bits per heavy atom. The van der Waals surface area contributed by atoms with Gasteiger partial charge in [0.25, 0.3) is 5.91 Å². The van der Waals surface area contributed by atoms with E-state index in [0.717, 1.165) is 25.1 Å². The van der Waals surface area contributed by atoms with Crippen molar-refractivity contribution in [3.8, 4) is 0 Å². The smallest absolute Gasteiger partial charge is 0.326 e. The molecule has 0 fully saturated rings. The molecule has 0 saturated heterocycles. The first-order chi connectivity index (χ1) is 9.61. The molecule has 0 bridgehead atoms. The summed E-state index contributed by atoms with van der Waals surface area (Å²) in [6.45, 7) is 3.61. The number of benzene rings is 1. The second-order valence-electron chi connectivity index (χ2n) is 5.06. The van der Waals surface area contributed by atoms with Gasteiger partial charge in [0.05, 0.1) is 0 Å². The summed E-state index contributed by atoms with van der Waals surface area (Å²) in [5.41, 5.74) is 2.89. The van der Waals surface area contributed by atoms with Crippen LogP contribution in [-0.4, -0.2) is 29.6 Å². The summed E-state index contributed by atoms with van der Waals surface area (Å²) in [6, 6.07) is 4.76. The second kappa shape index (κ2) is 6.52. The van der Waals surface area contributed by atoms with E-state index in [-0.39, 0.29) is 5.91 Å². The summed E-state index contributed by atoms with van der Waals surface area (Å²) < 4.78 is 0. The molecule has 108 valence electrons. The quantitative estimate of drug-likeness (QED) is 0.758. The molecular formula is C15H20N2O3. The maximum absolute atomic E-state index is 12.1. The van der Waals surface area contributed by atoms with Gasteiger partial charge in [0, 0.05) is 12.1 Å². The summed E-state index contributed by atoms with van der Waals surface area (Å²) >= 11 is 0. The minimum absolute atomic E-state index is 0.320. The first kappa shape index (κ1) is 14.5. The molecule has 1 heterocycles. The van der Waals surface area contributed by atoms with Crippen LogP contribution in [0.4, 0.5) is 0 Å². The van der Waals surface area contributed by atoms with Crippen LogP contribution in [0.1, 0.15) is 41.3 Å². The summed E-state index contributed by atoms with van der Waals surface area (Å²) in [5.74, 6) is -1.31. The molecule has 0 aliphatic carbocycles. The van der Waals surface area contributed by atoms with E-state index in [1.165, 1.54) is 5.56 Å². The minimum Gasteiger partial charge on any atom is -0.480 e.